The second-order valence-corrected chi connectivity index (χ2v) is 7.05. The molecule has 0 spiro atoms. The van der Waals surface area contributed by atoms with Crippen LogP contribution < -0.4 is 10.1 Å². The topological polar surface area (TPSA) is 81.7 Å². The number of rotatable bonds is 9. The number of hydrogen-bond donors (Lipinski definition) is 1. The van der Waals surface area contributed by atoms with Gasteiger partial charge in [0.2, 0.25) is 11.7 Å². The maximum Gasteiger partial charge on any atom is 0.308 e. The highest BCUT2D eigenvalue weighted by Crippen LogP contribution is 2.21. The molecule has 0 unspecified atom stereocenters. The van der Waals surface area contributed by atoms with Crippen LogP contribution in [0.4, 0.5) is 0 Å². The van der Waals surface area contributed by atoms with Crippen LogP contribution in [0.25, 0.3) is 6.08 Å². The lowest BCUT2D eigenvalue weighted by atomic mass is 10.2. The van der Waals surface area contributed by atoms with E-state index in [0.717, 1.165) is 22.6 Å². The molecule has 1 aromatic carbocycles. The van der Waals surface area contributed by atoms with E-state index in [-0.39, 0.29) is 31.3 Å². The fourth-order valence-corrected chi connectivity index (χ4v) is 2.95. The van der Waals surface area contributed by atoms with Crippen LogP contribution in [0.3, 0.4) is 0 Å². The minimum Gasteiger partial charge on any atom is -0.497 e. The third-order valence-corrected chi connectivity index (χ3v) is 4.66. The Morgan fingerprint density at radius 1 is 1.15 bits per heavy atom. The summed E-state index contributed by atoms with van der Waals surface area (Å²) in [7, 11) is 1.58. The van der Waals surface area contributed by atoms with E-state index in [4.69, 9.17) is 21.1 Å². The molecule has 2 aromatic rings. The Kier molecular flexibility index (Phi) is 8.03. The van der Waals surface area contributed by atoms with E-state index in [2.05, 4.69) is 5.32 Å². The molecule has 27 heavy (non-hydrogen) atoms. The van der Waals surface area contributed by atoms with Gasteiger partial charge in [-0.05, 0) is 35.9 Å². The predicted octanol–water partition coefficient (Wildman–Crippen LogP) is 3.36. The lowest BCUT2D eigenvalue weighted by molar-refractivity contribution is -0.142. The molecule has 1 aromatic heterocycles. The third kappa shape index (κ3) is 7.24. The quantitative estimate of drug-likeness (QED) is 0.391. The van der Waals surface area contributed by atoms with Crippen molar-refractivity contribution in [2.75, 3.05) is 20.3 Å². The van der Waals surface area contributed by atoms with Gasteiger partial charge in [-0.15, -0.1) is 11.3 Å². The minimum atomic E-state index is -0.564. The molecule has 0 bridgehead atoms. The Labute approximate surface area is 165 Å². The van der Waals surface area contributed by atoms with Gasteiger partial charge in [-0.1, -0.05) is 23.7 Å². The number of ketones is 1. The molecule has 1 N–H and O–H groups in total. The van der Waals surface area contributed by atoms with Gasteiger partial charge in [0.05, 0.1) is 22.7 Å². The Morgan fingerprint density at radius 3 is 2.52 bits per heavy atom. The molecule has 0 saturated heterocycles. The number of thiophene rings is 1. The van der Waals surface area contributed by atoms with Crippen LogP contribution in [0, 0.1) is 0 Å². The van der Waals surface area contributed by atoms with E-state index in [1.54, 1.807) is 37.5 Å². The summed E-state index contributed by atoms with van der Waals surface area (Å²) in [5.74, 6) is -0.476. The van der Waals surface area contributed by atoms with Gasteiger partial charge >= 0.3 is 5.97 Å². The maximum atomic E-state index is 11.8. The molecule has 0 atom stereocenters. The molecule has 8 heteroatoms. The molecule has 142 valence electrons. The molecule has 0 radical (unpaired) electrons. The number of nitrogens with one attached hydrogen (secondary N) is 1. The summed E-state index contributed by atoms with van der Waals surface area (Å²) < 4.78 is 10.4. The average molecular weight is 408 g/mol. The Hall–Kier alpha value is -2.64. The summed E-state index contributed by atoms with van der Waals surface area (Å²) in [5, 5.41) is 2.58. The van der Waals surface area contributed by atoms with Gasteiger partial charge < -0.3 is 14.8 Å². The molecule has 0 aliphatic rings. The predicted molar refractivity (Wildman–Crippen MR) is 104 cm³/mol. The largest absolute Gasteiger partial charge is 0.497 e. The maximum absolute atomic E-state index is 11.8. The Bertz CT molecular complexity index is 829. The number of carbonyl (C=O) groups is 3. The molecule has 0 aliphatic heterocycles. The van der Waals surface area contributed by atoms with Crippen LogP contribution in [0.15, 0.2) is 42.5 Å². The molecular formula is C19H18ClNO5S. The Balaban J connectivity index is 1.65. The zero-order chi connectivity index (χ0) is 19.6. The highest BCUT2D eigenvalue weighted by Gasteiger charge is 2.12. The van der Waals surface area contributed by atoms with Crippen LogP contribution in [-0.4, -0.2) is 37.9 Å². The second kappa shape index (κ2) is 10.5. The van der Waals surface area contributed by atoms with Crippen molar-refractivity contribution in [3.8, 4) is 5.75 Å². The van der Waals surface area contributed by atoms with Crippen molar-refractivity contribution in [3.05, 3.63) is 57.3 Å². The van der Waals surface area contributed by atoms with E-state index in [1.165, 1.54) is 6.08 Å². The normalized spacial score (nSPS) is 10.6. The molecule has 0 aliphatic carbocycles. The number of methoxy groups -OCH3 is 1. The van der Waals surface area contributed by atoms with Gasteiger partial charge in [-0.25, -0.2) is 0 Å². The lowest BCUT2D eigenvalue weighted by Gasteiger charge is -2.04. The first-order valence-corrected chi connectivity index (χ1v) is 9.21. The van der Waals surface area contributed by atoms with Crippen LogP contribution in [0.5, 0.6) is 5.75 Å². The van der Waals surface area contributed by atoms with E-state index < -0.39 is 5.97 Å². The second-order valence-electron chi connectivity index (χ2n) is 5.34. The number of esters is 1. The first kappa shape index (κ1) is 20.7. The number of ether oxygens (including phenoxy) is 2. The lowest BCUT2D eigenvalue weighted by Crippen LogP contribution is -2.25. The van der Waals surface area contributed by atoms with Crippen molar-refractivity contribution in [3.63, 3.8) is 0 Å². The van der Waals surface area contributed by atoms with Crippen LogP contribution in [0.1, 0.15) is 21.7 Å². The number of amides is 1. The summed E-state index contributed by atoms with van der Waals surface area (Å²) in [4.78, 5) is 35.6. The summed E-state index contributed by atoms with van der Waals surface area (Å²) >= 11 is 6.88. The van der Waals surface area contributed by atoms with Crippen LogP contribution in [0.2, 0.25) is 4.34 Å². The number of halogens is 1. The summed E-state index contributed by atoms with van der Waals surface area (Å²) in [6.45, 7) is -0.232. The molecule has 6 nitrogen and oxygen atoms in total. The first-order chi connectivity index (χ1) is 13.0. The number of carbonyl (C=O) groups excluding carboxylic acids is 3. The van der Waals surface area contributed by atoms with Crippen molar-refractivity contribution in [2.45, 2.75) is 6.42 Å². The molecule has 0 fully saturated rings. The standard InChI is InChI=1S/C19H18ClNO5S/c1-25-14-5-2-13(3-6-14)4-9-18(23)21-11-10-19(24)26-12-15(22)16-7-8-17(20)27-16/h2-9H,10-12H2,1H3,(H,21,23)/b9-4+. The van der Waals surface area contributed by atoms with E-state index in [9.17, 15) is 14.4 Å². The molecule has 2 rings (SSSR count). The van der Waals surface area contributed by atoms with E-state index in [0.29, 0.717) is 9.21 Å². The van der Waals surface area contributed by atoms with Gasteiger partial charge in [0.25, 0.3) is 0 Å². The average Bonchev–Trinajstić information content (AvgIpc) is 3.11. The number of Topliss-reactive ketones (excluding diaryl/α,β-unsaturated/α-hetero) is 1. The van der Waals surface area contributed by atoms with Crippen LogP contribution in [-0.2, 0) is 14.3 Å². The van der Waals surface area contributed by atoms with Crippen LogP contribution >= 0.6 is 22.9 Å². The van der Waals surface area contributed by atoms with Crippen molar-refractivity contribution >= 4 is 46.7 Å². The van der Waals surface area contributed by atoms with Gasteiger partial charge in [0.1, 0.15) is 5.75 Å². The zero-order valence-electron chi connectivity index (χ0n) is 14.6. The fourth-order valence-electron chi connectivity index (χ4n) is 1.99. The number of benzene rings is 1. The fraction of sp³-hybridized carbons (Fsp3) is 0.211. The smallest absolute Gasteiger partial charge is 0.308 e. The van der Waals surface area contributed by atoms with Crippen molar-refractivity contribution in [2.24, 2.45) is 0 Å². The van der Waals surface area contributed by atoms with Gasteiger partial charge in [-0.2, -0.15) is 0 Å². The van der Waals surface area contributed by atoms with E-state index >= 15 is 0 Å². The van der Waals surface area contributed by atoms with Crippen molar-refractivity contribution in [1.82, 2.24) is 5.32 Å². The van der Waals surface area contributed by atoms with E-state index in [1.807, 2.05) is 12.1 Å². The third-order valence-electron chi connectivity index (χ3n) is 3.38. The minimum absolute atomic E-state index is 0.0272. The zero-order valence-corrected chi connectivity index (χ0v) is 16.1. The highest BCUT2D eigenvalue weighted by atomic mass is 35.5. The molecular weight excluding hydrogens is 390 g/mol. The summed E-state index contributed by atoms with van der Waals surface area (Å²) in [5.41, 5.74) is 0.845. The summed E-state index contributed by atoms with van der Waals surface area (Å²) in [6, 6.07) is 10.4. The van der Waals surface area contributed by atoms with Crippen molar-refractivity contribution < 1.29 is 23.9 Å². The van der Waals surface area contributed by atoms with Gasteiger partial charge in [0.15, 0.2) is 6.61 Å². The SMILES string of the molecule is COc1ccc(/C=C/C(=O)NCCC(=O)OCC(=O)c2ccc(Cl)s2)cc1. The molecule has 1 amide bonds. The number of hydrogen-bond acceptors (Lipinski definition) is 6. The Morgan fingerprint density at radius 2 is 1.89 bits per heavy atom. The monoisotopic (exact) mass is 407 g/mol. The summed E-state index contributed by atoms with van der Waals surface area (Å²) in [6.07, 6.45) is 3.00. The molecule has 1 heterocycles. The molecule has 0 saturated carbocycles. The highest BCUT2D eigenvalue weighted by molar-refractivity contribution is 7.18. The van der Waals surface area contributed by atoms with Gasteiger partial charge in [0, 0.05) is 12.6 Å². The van der Waals surface area contributed by atoms with Crippen molar-refractivity contribution in [1.29, 1.82) is 0 Å². The first-order valence-electron chi connectivity index (χ1n) is 8.02. The van der Waals surface area contributed by atoms with Gasteiger partial charge in [-0.3, -0.25) is 14.4 Å².